The summed E-state index contributed by atoms with van der Waals surface area (Å²) in [5, 5.41) is 2.68. The maximum absolute atomic E-state index is 11.7. The maximum Gasteiger partial charge on any atom is 0.225 e. The Hall–Kier alpha value is -1.64. The van der Waals surface area contributed by atoms with Gasteiger partial charge in [-0.3, -0.25) is 9.59 Å². The van der Waals surface area contributed by atoms with E-state index in [9.17, 15) is 9.59 Å². The molecule has 1 atom stereocenters. The molecule has 0 saturated heterocycles. The van der Waals surface area contributed by atoms with Gasteiger partial charge in [-0.2, -0.15) is 0 Å². The lowest BCUT2D eigenvalue weighted by molar-refractivity contribution is -0.120. The molecule has 3 nitrogen and oxygen atoms in total. The second kappa shape index (κ2) is 6.84. The first-order valence-corrected chi connectivity index (χ1v) is 5.82. The molecule has 0 fully saturated rings. The van der Waals surface area contributed by atoms with E-state index < -0.39 is 6.04 Å². The van der Waals surface area contributed by atoms with E-state index in [1.165, 1.54) is 0 Å². The maximum atomic E-state index is 11.7. The number of hydrogen-bond donors (Lipinski definition) is 1. The molecule has 0 aromatic heterocycles. The topological polar surface area (TPSA) is 46.2 Å². The monoisotopic (exact) mass is 232 g/mol. The minimum atomic E-state index is -0.494. The highest BCUT2D eigenvalue weighted by molar-refractivity contribution is 5.81. The molecular formula is C14H18NO2. The fourth-order valence-corrected chi connectivity index (χ4v) is 1.63. The first-order valence-electron chi connectivity index (χ1n) is 5.82. The van der Waals surface area contributed by atoms with Gasteiger partial charge < -0.3 is 5.32 Å². The highest BCUT2D eigenvalue weighted by atomic mass is 16.2. The predicted octanol–water partition coefficient (Wildman–Crippen LogP) is 1.87. The molecule has 91 valence electrons. The third-order valence-electron chi connectivity index (χ3n) is 2.39. The zero-order valence-electron chi connectivity index (χ0n) is 10.3. The van der Waals surface area contributed by atoms with Gasteiger partial charge in [-0.15, -0.1) is 0 Å². The van der Waals surface area contributed by atoms with Crippen molar-refractivity contribution in [2.45, 2.75) is 32.7 Å². The van der Waals surface area contributed by atoms with Gasteiger partial charge in [0, 0.05) is 0 Å². The lowest BCUT2D eigenvalue weighted by Crippen LogP contribution is -2.37. The van der Waals surface area contributed by atoms with E-state index in [4.69, 9.17) is 0 Å². The molecule has 17 heavy (non-hydrogen) atoms. The Balaban J connectivity index is 2.45. The van der Waals surface area contributed by atoms with E-state index in [-0.39, 0.29) is 5.91 Å². The Bertz CT molecular complexity index is 360. The van der Waals surface area contributed by atoms with Gasteiger partial charge in [-0.1, -0.05) is 44.2 Å². The van der Waals surface area contributed by atoms with Crippen LogP contribution in [-0.2, 0) is 16.0 Å². The second-order valence-electron chi connectivity index (χ2n) is 4.53. The summed E-state index contributed by atoms with van der Waals surface area (Å²) in [6, 6.07) is 8.97. The quantitative estimate of drug-likeness (QED) is 0.814. The fourth-order valence-electron chi connectivity index (χ4n) is 1.63. The second-order valence-corrected chi connectivity index (χ2v) is 4.53. The lowest BCUT2D eigenvalue weighted by atomic mass is 10.0. The standard InChI is InChI=1S/C14H18NO2/c1-11(2)8-13(10-16)15-14(17)9-12-6-4-3-5-7-12/h3-7,11,13H,8-9H2,1-2H3,(H,15,17)/t13-/m0/s1. The van der Waals surface area contributed by atoms with Crippen molar-refractivity contribution >= 4 is 12.2 Å². The van der Waals surface area contributed by atoms with Gasteiger partial charge in [0.05, 0.1) is 12.5 Å². The molecule has 0 saturated carbocycles. The highest BCUT2D eigenvalue weighted by Crippen LogP contribution is 2.04. The van der Waals surface area contributed by atoms with Crippen molar-refractivity contribution in [2.75, 3.05) is 0 Å². The summed E-state index contributed by atoms with van der Waals surface area (Å²) in [5.41, 5.74) is 0.944. The van der Waals surface area contributed by atoms with E-state index in [1.807, 2.05) is 50.5 Å². The van der Waals surface area contributed by atoms with Gasteiger partial charge in [0.2, 0.25) is 12.2 Å². The van der Waals surface area contributed by atoms with E-state index in [1.54, 1.807) is 0 Å². The Labute approximate surface area is 102 Å². The molecule has 0 bridgehead atoms. The summed E-state index contributed by atoms with van der Waals surface area (Å²) < 4.78 is 0. The van der Waals surface area contributed by atoms with Crippen LogP contribution in [-0.4, -0.2) is 18.2 Å². The number of hydrogen-bond acceptors (Lipinski definition) is 2. The minimum absolute atomic E-state index is 0.134. The molecule has 1 aromatic rings. The zero-order chi connectivity index (χ0) is 12.7. The molecule has 1 radical (unpaired) electrons. The molecule has 1 aromatic carbocycles. The van der Waals surface area contributed by atoms with Crippen molar-refractivity contribution in [3.8, 4) is 0 Å². The minimum Gasteiger partial charge on any atom is -0.345 e. The number of amides is 1. The lowest BCUT2D eigenvalue weighted by Gasteiger charge is -2.14. The first-order chi connectivity index (χ1) is 8.11. The Morgan fingerprint density at radius 2 is 1.94 bits per heavy atom. The molecule has 1 N–H and O–H groups in total. The molecule has 0 heterocycles. The Kier molecular flexibility index (Phi) is 5.40. The molecule has 0 spiro atoms. The van der Waals surface area contributed by atoms with Crippen molar-refractivity contribution < 1.29 is 9.59 Å². The van der Waals surface area contributed by atoms with E-state index in [0.717, 1.165) is 5.56 Å². The summed E-state index contributed by atoms with van der Waals surface area (Å²) in [5.74, 6) is 0.226. The van der Waals surface area contributed by atoms with Crippen LogP contribution in [0, 0.1) is 5.92 Å². The molecule has 0 unspecified atom stereocenters. The Morgan fingerprint density at radius 1 is 1.29 bits per heavy atom. The van der Waals surface area contributed by atoms with Crippen molar-refractivity contribution in [1.82, 2.24) is 5.32 Å². The normalized spacial score (nSPS) is 12.2. The van der Waals surface area contributed by atoms with Gasteiger partial charge in [0.1, 0.15) is 0 Å². The van der Waals surface area contributed by atoms with Gasteiger partial charge in [-0.25, -0.2) is 0 Å². The fraction of sp³-hybridized carbons (Fsp3) is 0.429. The number of nitrogens with one attached hydrogen (secondary N) is 1. The zero-order valence-corrected chi connectivity index (χ0v) is 10.3. The van der Waals surface area contributed by atoms with Crippen molar-refractivity contribution in [1.29, 1.82) is 0 Å². The van der Waals surface area contributed by atoms with E-state index in [0.29, 0.717) is 18.8 Å². The summed E-state index contributed by atoms with van der Waals surface area (Å²) in [6.07, 6.45) is 2.80. The third-order valence-corrected chi connectivity index (χ3v) is 2.39. The average molecular weight is 232 g/mol. The van der Waals surface area contributed by atoms with Crippen molar-refractivity contribution in [3.05, 3.63) is 35.9 Å². The third kappa shape index (κ3) is 5.29. The number of carbonyl (C=O) groups excluding carboxylic acids is 2. The molecule has 3 heteroatoms. The summed E-state index contributed by atoms with van der Waals surface area (Å²) in [4.78, 5) is 22.4. The molecular weight excluding hydrogens is 214 g/mol. The predicted molar refractivity (Wildman–Crippen MR) is 67.2 cm³/mol. The van der Waals surface area contributed by atoms with Crippen LogP contribution in [0.3, 0.4) is 0 Å². The van der Waals surface area contributed by atoms with E-state index >= 15 is 0 Å². The molecule has 1 amide bonds. The van der Waals surface area contributed by atoms with Crippen LogP contribution in [0.2, 0.25) is 0 Å². The van der Waals surface area contributed by atoms with Crippen molar-refractivity contribution in [3.63, 3.8) is 0 Å². The van der Waals surface area contributed by atoms with Crippen LogP contribution in [0.25, 0.3) is 0 Å². The van der Waals surface area contributed by atoms with Crippen LogP contribution in [0.1, 0.15) is 25.8 Å². The van der Waals surface area contributed by atoms with Crippen LogP contribution in [0.15, 0.2) is 30.3 Å². The number of benzene rings is 1. The smallest absolute Gasteiger partial charge is 0.225 e. The van der Waals surface area contributed by atoms with Gasteiger partial charge in [0.15, 0.2) is 0 Å². The van der Waals surface area contributed by atoms with Gasteiger partial charge >= 0.3 is 0 Å². The highest BCUT2D eigenvalue weighted by Gasteiger charge is 2.13. The molecule has 0 aliphatic carbocycles. The summed E-state index contributed by atoms with van der Waals surface area (Å²) >= 11 is 0. The van der Waals surface area contributed by atoms with Crippen molar-refractivity contribution in [2.24, 2.45) is 5.92 Å². The largest absolute Gasteiger partial charge is 0.345 e. The number of carbonyl (C=O) groups is 1. The van der Waals surface area contributed by atoms with Crippen LogP contribution < -0.4 is 5.32 Å². The van der Waals surface area contributed by atoms with Gasteiger partial charge in [-0.05, 0) is 17.9 Å². The SMILES string of the molecule is CC(C)C[C@@H]([C]=O)NC(=O)Cc1ccccc1. The number of rotatable bonds is 6. The van der Waals surface area contributed by atoms with Crippen LogP contribution in [0.5, 0.6) is 0 Å². The first kappa shape index (κ1) is 13.4. The average Bonchev–Trinajstić information content (AvgIpc) is 2.28. The Morgan fingerprint density at radius 3 is 2.47 bits per heavy atom. The van der Waals surface area contributed by atoms with Gasteiger partial charge in [0.25, 0.3) is 0 Å². The molecule has 1 rings (SSSR count). The summed E-state index contributed by atoms with van der Waals surface area (Å²) in [6.45, 7) is 4.02. The summed E-state index contributed by atoms with van der Waals surface area (Å²) in [7, 11) is 0. The molecule has 0 aliphatic rings. The van der Waals surface area contributed by atoms with Crippen LogP contribution >= 0.6 is 0 Å². The van der Waals surface area contributed by atoms with Crippen LogP contribution in [0.4, 0.5) is 0 Å². The molecule has 0 aliphatic heterocycles. The van der Waals surface area contributed by atoms with E-state index in [2.05, 4.69) is 5.32 Å².